The van der Waals surface area contributed by atoms with Crippen LogP contribution in [0.5, 0.6) is 0 Å². The first kappa shape index (κ1) is 12.9. The normalized spacial score (nSPS) is 19.1. The number of thiophene rings is 1. The lowest BCUT2D eigenvalue weighted by Gasteiger charge is -2.21. The third kappa shape index (κ3) is 2.47. The average molecular weight is 341 g/mol. The van der Waals surface area contributed by atoms with Crippen LogP contribution in [-0.4, -0.2) is 22.5 Å². The van der Waals surface area contributed by atoms with E-state index in [1.807, 2.05) is 30.0 Å². The minimum atomic E-state index is 0.0228. The second-order valence-corrected chi connectivity index (χ2v) is 7.09. The van der Waals surface area contributed by atoms with E-state index in [0.29, 0.717) is 0 Å². The fourth-order valence-electron chi connectivity index (χ4n) is 2.42. The van der Waals surface area contributed by atoms with Crippen LogP contribution in [0.15, 0.2) is 26.5 Å². The van der Waals surface area contributed by atoms with Gasteiger partial charge in [-0.1, -0.05) is 5.16 Å². The summed E-state index contributed by atoms with van der Waals surface area (Å²) in [5.41, 5.74) is 0.855. The van der Waals surface area contributed by atoms with E-state index in [4.69, 9.17) is 4.52 Å². The van der Waals surface area contributed by atoms with Gasteiger partial charge in [0.05, 0.1) is 20.4 Å². The molecule has 0 aliphatic carbocycles. The van der Waals surface area contributed by atoms with Gasteiger partial charge in [-0.2, -0.15) is 0 Å². The van der Waals surface area contributed by atoms with Crippen molar-refractivity contribution < 1.29 is 9.32 Å². The summed E-state index contributed by atoms with van der Waals surface area (Å²) in [6.45, 7) is 2.67. The Bertz CT molecular complexity index is 607. The standard InChI is InChI=1S/C13H13BrN2O2S/c1-8-7-10(18-15-8)9-3-2-6-16(9)13(17)11-4-5-12(14)19-11/h4-5,7,9H,2-3,6H2,1H3. The molecular weight excluding hydrogens is 328 g/mol. The predicted octanol–water partition coefficient (Wildman–Crippen LogP) is 3.78. The van der Waals surface area contributed by atoms with E-state index < -0.39 is 0 Å². The molecule has 2 aromatic rings. The summed E-state index contributed by atoms with van der Waals surface area (Å²) in [7, 11) is 0. The zero-order valence-corrected chi connectivity index (χ0v) is 12.8. The minimum Gasteiger partial charge on any atom is -0.359 e. The summed E-state index contributed by atoms with van der Waals surface area (Å²) in [6, 6.07) is 5.70. The number of nitrogens with zero attached hydrogens (tertiary/aromatic N) is 2. The van der Waals surface area contributed by atoms with Crippen molar-refractivity contribution in [1.29, 1.82) is 0 Å². The van der Waals surface area contributed by atoms with Crippen LogP contribution in [0.3, 0.4) is 0 Å². The highest BCUT2D eigenvalue weighted by Crippen LogP contribution is 2.34. The highest BCUT2D eigenvalue weighted by atomic mass is 79.9. The number of hydrogen-bond acceptors (Lipinski definition) is 4. The van der Waals surface area contributed by atoms with Gasteiger partial charge in [0.1, 0.15) is 0 Å². The average Bonchev–Trinajstić information content (AvgIpc) is 3.07. The Morgan fingerprint density at radius 1 is 1.58 bits per heavy atom. The number of likely N-dealkylation sites (tertiary alicyclic amines) is 1. The Balaban J connectivity index is 1.85. The second-order valence-electron chi connectivity index (χ2n) is 4.63. The lowest BCUT2D eigenvalue weighted by molar-refractivity contribution is 0.0719. The highest BCUT2D eigenvalue weighted by molar-refractivity contribution is 9.11. The zero-order chi connectivity index (χ0) is 13.4. The Hall–Kier alpha value is -1.14. The van der Waals surface area contributed by atoms with Gasteiger partial charge >= 0.3 is 0 Å². The largest absolute Gasteiger partial charge is 0.359 e. The molecular formula is C13H13BrN2O2S. The van der Waals surface area contributed by atoms with Gasteiger partial charge < -0.3 is 9.42 Å². The molecule has 3 rings (SSSR count). The minimum absolute atomic E-state index is 0.0228. The molecule has 1 aliphatic rings. The summed E-state index contributed by atoms with van der Waals surface area (Å²) in [5, 5.41) is 3.91. The number of carbonyl (C=O) groups is 1. The van der Waals surface area contributed by atoms with E-state index >= 15 is 0 Å². The summed E-state index contributed by atoms with van der Waals surface area (Å²) in [4.78, 5) is 15.2. The van der Waals surface area contributed by atoms with E-state index in [9.17, 15) is 4.79 Å². The Morgan fingerprint density at radius 3 is 3.05 bits per heavy atom. The summed E-state index contributed by atoms with van der Waals surface area (Å²) in [6.07, 6.45) is 1.94. The molecule has 1 unspecified atom stereocenters. The first-order valence-corrected chi connectivity index (χ1v) is 7.75. The first-order valence-electron chi connectivity index (χ1n) is 6.14. The van der Waals surface area contributed by atoms with Gasteiger partial charge in [0.15, 0.2) is 5.76 Å². The zero-order valence-electron chi connectivity index (χ0n) is 10.4. The molecule has 3 heterocycles. The highest BCUT2D eigenvalue weighted by Gasteiger charge is 2.33. The first-order chi connectivity index (χ1) is 9.15. The van der Waals surface area contributed by atoms with Gasteiger partial charge in [-0.25, -0.2) is 0 Å². The molecule has 0 radical (unpaired) electrons. The fourth-order valence-corrected chi connectivity index (χ4v) is 3.76. The van der Waals surface area contributed by atoms with Crippen LogP contribution in [0.2, 0.25) is 0 Å². The molecule has 0 saturated carbocycles. The van der Waals surface area contributed by atoms with Crippen molar-refractivity contribution in [3.8, 4) is 0 Å². The van der Waals surface area contributed by atoms with Gasteiger partial charge in [0.2, 0.25) is 0 Å². The maximum atomic E-state index is 12.5. The molecule has 1 aliphatic heterocycles. The SMILES string of the molecule is Cc1cc(C2CCCN2C(=O)c2ccc(Br)s2)on1. The van der Waals surface area contributed by atoms with E-state index in [1.165, 1.54) is 11.3 Å². The van der Waals surface area contributed by atoms with Crippen LogP contribution >= 0.6 is 27.3 Å². The number of aryl methyl sites for hydroxylation is 1. The summed E-state index contributed by atoms with van der Waals surface area (Å²) >= 11 is 4.86. The topological polar surface area (TPSA) is 46.3 Å². The third-order valence-corrected chi connectivity index (χ3v) is 4.88. The number of carbonyl (C=O) groups excluding carboxylic acids is 1. The van der Waals surface area contributed by atoms with Crippen LogP contribution < -0.4 is 0 Å². The summed E-state index contributed by atoms with van der Waals surface area (Å²) in [5.74, 6) is 0.867. The quantitative estimate of drug-likeness (QED) is 0.835. The predicted molar refractivity (Wildman–Crippen MR) is 76.3 cm³/mol. The maximum absolute atomic E-state index is 12.5. The molecule has 0 aromatic carbocycles. The Labute approximate surface area is 123 Å². The van der Waals surface area contributed by atoms with Crippen molar-refractivity contribution in [2.75, 3.05) is 6.54 Å². The van der Waals surface area contributed by atoms with E-state index in [1.54, 1.807) is 0 Å². The molecule has 1 atom stereocenters. The number of rotatable bonds is 2. The molecule has 19 heavy (non-hydrogen) atoms. The maximum Gasteiger partial charge on any atom is 0.264 e. The van der Waals surface area contributed by atoms with Gasteiger partial charge in [-0.3, -0.25) is 4.79 Å². The van der Waals surface area contributed by atoms with Gasteiger partial charge in [-0.15, -0.1) is 11.3 Å². The van der Waals surface area contributed by atoms with Crippen molar-refractivity contribution in [2.45, 2.75) is 25.8 Å². The van der Waals surface area contributed by atoms with Crippen LogP contribution in [0.1, 0.15) is 40.0 Å². The van der Waals surface area contributed by atoms with Crippen molar-refractivity contribution in [1.82, 2.24) is 10.1 Å². The van der Waals surface area contributed by atoms with Crippen LogP contribution in [0, 0.1) is 6.92 Å². The lowest BCUT2D eigenvalue weighted by Crippen LogP contribution is -2.29. The molecule has 0 bridgehead atoms. The molecule has 4 nitrogen and oxygen atoms in total. The molecule has 0 N–H and O–H groups in total. The monoisotopic (exact) mass is 340 g/mol. The molecule has 0 spiro atoms. The Morgan fingerprint density at radius 2 is 2.42 bits per heavy atom. The Kier molecular flexibility index (Phi) is 3.45. The molecule has 1 fully saturated rings. The van der Waals surface area contributed by atoms with Crippen molar-refractivity contribution >= 4 is 33.2 Å². The number of halogens is 1. The fraction of sp³-hybridized carbons (Fsp3) is 0.385. The van der Waals surface area contributed by atoms with Crippen molar-refractivity contribution in [3.63, 3.8) is 0 Å². The number of aromatic nitrogens is 1. The molecule has 1 amide bonds. The molecule has 6 heteroatoms. The van der Waals surface area contributed by atoms with Crippen molar-refractivity contribution in [2.24, 2.45) is 0 Å². The van der Waals surface area contributed by atoms with Gasteiger partial charge in [-0.05, 0) is 47.8 Å². The van der Waals surface area contributed by atoms with Gasteiger partial charge in [0, 0.05) is 12.6 Å². The third-order valence-electron chi connectivity index (χ3n) is 3.27. The lowest BCUT2D eigenvalue weighted by atomic mass is 10.1. The van der Waals surface area contributed by atoms with Crippen LogP contribution in [-0.2, 0) is 0 Å². The van der Waals surface area contributed by atoms with Crippen LogP contribution in [0.25, 0.3) is 0 Å². The molecule has 1 saturated heterocycles. The second kappa shape index (κ2) is 5.09. The summed E-state index contributed by atoms with van der Waals surface area (Å²) < 4.78 is 6.29. The number of hydrogen-bond donors (Lipinski definition) is 0. The van der Waals surface area contributed by atoms with E-state index in [0.717, 1.165) is 39.5 Å². The number of amides is 1. The molecule has 2 aromatic heterocycles. The van der Waals surface area contributed by atoms with Gasteiger partial charge in [0.25, 0.3) is 5.91 Å². The molecule has 100 valence electrons. The van der Waals surface area contributed by atoms with Crippen LogP contribution in [0.4, 0.5) is 0 Å². The smallest absolute Gasteiger partial charge is 0.264 e. The van der Waals surface area contributed by atoms with E-state index in [-0.39, 0.29) is 11.9 Å². The van der Waals surface area contributed by atoms with E-state index in [2.05, 4.69) is 21.1 Å². The van der Waals surface area contributed by atoms with Crippen molar-refractivity contribution in [3.05, 3.63) is 38.3 Å².